The van der Waals surface area contributed by atoms with Crippen molar-refractivity contribution in [2.75, 3.05) is 11.9 Å². The van der Waals surface area contributed by atoms with Gasteiger partial charge in [0.1, 0.15) is 6.04 Å². The van der Waals surface area contributed by atoms with Crippen molar-refractivity contribution in [2.45, 2.75) is 44.7 Å². The van der Waals surface area contributed by atoms with Gasteiger partial charge in [0.2, 0.25) is 0 Å². The summed E-state index contributed by atoms with van der Waals surface area (Å²) in [7, 11) is 0. The fourth-order valence-electron chi connectivity index (χ4n) is 4.13. The molecular formula is C23H25F2N5O4. The van der Waals surface area contributed by atoms with Crippen LogP contribution in [0, 0.1) is 17.6 Å². The summed E-state index contributed by atoms with van der Waals surface area (Å²) in [5.74, 6) is -2.51. The summed E-state index contributed by atoms with van der Waals surface area (Å²) in [6.45, 7) is 0.191. The van der Waals surface area contributed by atoms with E-state index >= 15 is 0 Å². The van der Waals surface area contributed by atoms with Crippen molar-refractivity contribution in [3.63, 3.8) is 0 Å². The lowest BCUT2D eigenvalue weighted by Gasteiger charge is -2.21. The number of carbonyl (C=O) groups excluding carboxylic acids is 1. The van der Waals surface area contributed by atoms with Gasteiger partial charge in [0.15, 0.2) is 29.0 Å². The second-order valence-electron chi connectivity index (χ2n) is 8.21. The molecule has 1 fully saturated rings. The minimum absolute atomic E-state index is 0.0934. The summed E-state index contributed by atoms with van der Waals surface area (Å²) in [4.78, 5) is 26.0. The van der Waals surface area contributed by atoms with Crippen LogP contribution in [0.15, 0.2) is 47.5 Å². The number of aromatic nitrogens is 4. The summed E-state index contributed by atoms with van der Waals surface area (Å²) >= 11 is 0. The molecule has 0 bridgehead atoms. The first-order valence-electron chi connectivity index (χ1n) is 11.1. The zero-order chi connectivity index (χ0) is 24.1. The maximum atomic E-state index is 13.9. The number of hydrogen-bond donors (Lipinski definition) is 2. The van der Waals surface area contributed by atoms with E-state index in [1.54, 1.807) is 12.3 Å². The molecule has 0 saturated heterocycles. The van der Waals surface area contributed by atoms with Gasteiger partial charge in [-0.3, -0.25) is 14.3 Å². The predicted molar refractivity (Wildman–Crippen MR) is 118 cm³/mol. The molecule has 1 saturated carbocycles. The van der Waals surface area contributed by atoms with Gasteiger partial charge in [-0.05, 0) is 24.5 Å². The van der Waals surface area contributed by atoms with E-state index in [0.29, 0.717) is 6.42 Å². The number of hydrogen-bond acceptors (Lipinski definition) is 6. The summed E-state index contributed by atoms with van der Waals surface area (Å²) in [6.07, 6.45) is 7.23. The van der Waals surface area contributed by atoms with Crippen LogP contribution in [0.4, 0.5) is 14.6 Å². The third-order valence-electron chi connectivity index (χ3n) is 5.79. The molecule has 2 N–H and O–H groups in total. The van der Waals surface area contributed by atoms with E-state index in [2.05, 4.69) is 15.5 Å². The normalized spacial score (nSPS) is 14.8. The van der Waals surface area contributed by atoms with Gasteiger partial charge in [-0.2, -0.15) is 10.2 Å². The molecule has 0 aliphatic heterocycles. The predicted octanol–water partition coefficient (Wildman–Crippen LogP) is 3.26. The smallest absolute Gasteiger partial charge is 0.271 e. The van der Waals surface area contributed by atoms with E-state index in [9.17, 15) is 18.4 Å². The van der Waals surface area contributed by atoms with Crippen LogP contribution in [0.25, 0.3) is 0 Å². The minimum atomic E-state index is -0.914. The zero-order valence-electron chi connectivity index (χ0n) is 18.4. The second kappa shape index (κ2) is 10.6. The average molecular weight is 473 g/mol. The summed E-state index contributed by atoms with van der Waals surface area (Å²) < 4.78 is 35.5. The summed E-state index contributed by atoms with van der Waals surface area (Å²) in [5, 5.41) is 20.0. The Morgan fingerprint density at radius 2 is 1.97 bits per heavy atom. The van der Waals surface area contributed by atoms with Crippen LogP contribution in [0.5, 0.6) is 11.5 Å². The van der Waals surface area contributed by atoms with Gasteiger partial charge in [0, 0.05) is 18.3 Å². The van der Waals surface area contributed by atoms with Crippen molar-refractivity contribution in [3.05, 3.63) is 64.7 Å². The van der Waals surface area contributed by atoms with E-state index < -0.39 is 34.9 Å². The maximum Gasteiger partial charge on any atom is 0.271 e. The lowest BCUT2D eigenvalue weighted by Crippen LogP contribution is -2.36. The van der Waals surface area contributed by atoms with Crippen molar-refractivity contribution in [1.82, 2.24) is 19.6 Å². The molecule has 3 aromatic rings. The van der Waals surface area contributed by atoms with Gasteiger partial charge in [-0.15, -0.1) is 0 Å². The molecule has 34 heavy (non-hydrogen) atoms. The molecule has 1 unspecified atom stereocenters. The van der Waals surface area contributed by atoms with Crippen molar-refractivity contribution in [2.24, 2.45) is 5.92 Å². The molecule has 2 heterocycles. The van der Waals surface area contributed by atoms with Crippen LogP contribution in [0.3, 0.4) is 0 Å². The molecule has 0 spiro atoms. The highest BCUT2D eigenvalue weighted by molar-refractivity contribution is 5.92. The number of amides is 1. The van der Waals surface area contributed by atoms with Crippen LogP contribution >= 0.6 is 0 Å². The van der Waals surface area contributed by atoms with Crippen molar-refractivity contribution in [1.29, 1.82) is 0 Å². The molecule has 1 aliphatic rings. The van der Waals surface area contributed by atoms with Crippen LogP contribution in [-0.2, 0) is 11.3 Å². The largest absolute Gasteiger partial charge is 0.449 e. The number of nitrogens with zero attached hydrogens (tertiary/aromatic N) is 4. The van der Waals surface area contributed by atoms with Crippen molar-refractivity contribution < 1.29 is 23.4 Å². The number of ether oxygens (including phenoxy) is 1. The van der Waals surface area contributed by atoms with Crippen LogP contribution in [0.2, 0.25) is 0 Å². The first kappa shape index (κ1) is 23.6. The molecule has 180 valence electrons. The Kier molecular flexibility index (Phi) is 7.31. The van der Waals surface area contributed by atoms with E-state index in [1.165, 1.54) is 10.7 Å². The molecule has 9 nitrogen and oxygen atoms in total. The first-order valence-corrected chi connectivity index (χ1v) is 11.1. The Bertz CT molecular complexity index is 1190. The highest BCUT2D eigenvalue weighted by Crippen LogP contribution is 2.32. The van der Waals surface area contributed by atoms with Gasteiger partial charge in [-0.1, -0.05) is 31.7 Å². The summed E-state index contributed by atoms with van der Waals surface area (Å²) in [6, 6.07) is 5.01. The number of benzene rings is 1. The zero-order valence-corrected chi connectivity index (χ0v) is 18.4. The highest BCUT2D eigenvalue weighted by Gasteiger charge is 2.29. The van der Waals surface area contributed by atoms with Gasteiger partial charge < -0.3 is 15.2 Å². The molecular weight excluding hydrogens is 448 g/mol. The maximum absolute atomic E-state index is 13.9. The Balaban J connectivity index is 1.57. The molecule has 11 heteroatoms. The Hall–Kier alpha value is -3.60. The third kappa shape index (κ3) is 5.48. The number of para-hydroxylation sites is 1. The Morgan fingerprint density at radius 3 is 2.65 bits per heavy atom. The number of aliphatic hydroxyl groups excluding tert-OH is 1. The molecule has 2 aromatic heterocycles. The number of anilines is 1. The number of carbonyl (C=O) groups is 1. The number of halogens is 2. The SMILES string of the molecule is O=C(Nc1ccn(CCO)n1)C(CC1CCCC1)n1ncc(Oc2c(F)cccc2F)cc1=O. The van der Waals surface area contributed by atoms with Crippen LogP contribution < -0.4 is 15.6 Å². The Labute approximate surface area is 194 Å². The van der Waals surface area contributed by atoms with Crippen LogP contribution in [0.1, 0.15) is 38.1 Å². The van der Waals surface area contributed by atoms with E-state index in [1.807, 2.05) is 0 Å². The van der Waals surface area contributed by atoms with E-state index in [0.717, 1.165) is 54.8 Å². The summed E-state index contributed by atoms with van der Waals surface area (Å²) in [5.41, 5.74) is -0.641. The fraction of sp³-hybridized carbons (Fsp3) is 0.391. The number of aliphatic hydroxyl groups is 1. The molecule has 1 aromatic carbocycles. The first-order chi connectivity index (χ1) is 16.4. The minimum Gasteiger partial charge on any atom is -0.449 e. The van der Waals surface area contributed by atoms with Gasteiger partial charge in [0.25, 0.3) is 11.5 Å². The van der Waals surface area contributed by atoms with Crippen molar-refractivity contribution >= 4 is 11.7 Å². The monoisotopic (exact) mass is 473 g/mol. The van der Waals surface area contributed by atoms with Crippen molar-refractivity contribution in [3.8, 4) is 11.5 Å². The quantitative estimate of drug-likeness (QED) is 0.494. The molecule has 4 rings (SSSR count). The van der Waals surface area contributed by atoms with E-state index in [4.69, 9.17) is 9.84 Å². The van der Waals surface area contributed by atoms with Gasteiger partial charge >= 0.3 is 0 Å². The highest BCUT2D eigenvalue weighted by atomic mass is 19.1. The topological polar surface area (TPSA) is 111 Å². The molecule has 0 radical (unpaired) electrons. The number of rotatable bonds is 9. The second-order valence-corrected chi connectivity index (χ2v) is 8.21. The third-order valence-corrected chi connectivity index (χ3v) is 5.79. The van der Waals surface area contributed by atoms with E-state index in [-0.39, 0.29) is 30.6 Å². The lowest BCUT2D eigenvalue weighted by atomic mass is 9.98. The van der Waals surface area contributed by atoms with Gasteiger partial charge in [0.05, 0.1) is 19.3 Å². The fourth-order valence-corrected chi connectivity index (χ4v) is 4.13. The Morgan fingerprint density at radius 1 is 1.24 bits per heavy atom. The van der Waals surface area contributed by atoms with Gasteiger partial charge in [-0.25, -0.2) is 13.5 Å². The number of nitrogens with one attached hydrogen (secondary N) is 1. The average Bonchev–Trinajstić information content (AvgIpc) is 3.48. The molecule has 1 atom stereocenters. The molecule has 1 amide bonds. The van der Waals surface area contributed by atoms with Crippen LogP contribution in [-0.4, -0.2) is 37.2 Å². The standard InChI is InChI=1S/C23H25F2N5O4/c24-17-6-3-7-18(25)22(17)34-16-13-21(32)30(26-14-16)19(12-15-4-1-2-5-15)23(33)27-20-8-9-29(28-20)10-11-31/h3,6-9,13-15,19,31H,1-2,4-5,10-12H2,(H,27,28,33). The lowest BCUT2D eigenvalue weighted by molar-refractivity contribution is -0.120. The molecule has 1 aliphatic carbocycles.